The molecule has 36 heavy (non-hydrogen) atoms. The Kier molecular flexibility index (Phi) is 7.66. The molecule has 0 radical (unpaired) electrons. The molecule has 1 aliphatic heterocycles. The van der Waals surface area contributed by atoms with Gasteiger partial charge in [-0.2, -0.15) is 0 Å². The van der Waals surface area contributed by atoms with Crippen LogP contribution in [0.5, 0.6) is 11.5 Å². The normalized spacial score (nSPS) is 14.6. The van der Waals surface area contributed by atoms with Crippen molar-refractivity contribution in [2.45, 2.75) is 6.92 Å². The third-order valence-corrected chi connectivity index (χ3v) is 6.11. The summed E-state index contributed by atoms with van der Waals surface area (Å²) in [5.74, 6) is -1.73. The van der Waals surface area contributed by atoms with E-state index >= 15 is 0 Å². The second-order valence-electron chi connectivity index (χ2n) is 7.47. The largest absolute Gasteiger partial charge is 0.490 e. The Hall–Kier alpha value is -3.76. The molecule has 3 aromatic rings. The summed E-state index contributed by atoms with van der Waals surface area (Å²) < 4.78 is 12.7. The van der Waals surface area contributed by atoms with E-state index in [0.29, 0.717) is 16.8 Å². The second-order valence-corrected chi connectivity index (χ2v) is 9.30. The van der Waals surface area contributed by atoms with Crippen LogP contribution in [0, 0.1) is 0 Å². The molecular formula is C26H18Br2N2O6. The van der Waals surface area contributed by atoms with Crippen molar-refractivity contribution in [3.63, 3.8) is 0 Å². The maximum atomic E-state index is 13.1. The van der Waals surface area contributed by atoms with Crippen LogP contribution >= 0.6 is 31.9 Å². The van der Waals surface area contributed by atoms with Gasteiger partial charge in [0.2, 0.25) is 0 Å². The molecule has 0 aliphatic carbocycles. The van der Waals surface area contributed by atoms with Crippen molar-refractivity contribution in [3.8, 4) is 11.5 Å². The van der Waals surface area contributed by atoms with Gasteiger partial charge in [-0.25, -0.2) is 14.5 Å². The van der Waals surface area contributed by atoms with Gasteiger partial charge in [0.1, 0.15) is 5.57 Å². The second kappa shape index (κ2) is 10.9. The summed E-state index contributed by atoms with van der Waals surface area (Å²) in [6, 6.07) is 17.0. The van der Waals surface area contributed by atoms with Crippen LogP contribution < -0.4 is 19.7 Å². The van der Waals surface area contributed by atoms with Crippen LogP contribution in [0.2, 0.25) is 0 Å². The molecule has 1 fully saturated rings. The van der Waals surface area contributed by atoms with Gasteiger partial charge < -0.3 is 9.47 Å². The summed E-state index contributed by atoms with van der Waals surface area (Å²) in [6.45, 7) is 2.05. The van der Waals surface area contributed by atoms with Gasteiger partial charge in [0.05, 0.1) is 17.9 Å². The van der Waals surface area contributed by atoms with E-state index in [1.54, 1.807) is 67.6 Å². The Morgan fingerprint density at radius 1 is 0.917 bits per heavy atom. The first-order chi connectivity index (χ1) is 17.3. The summed E-state index contributed by atoms with van der Waals surface area (Å²) >= 11 is 6.63. The Morgan fingerprint density at radius 3 is 2.19 bits per heavy atom. The number of barbiturate groups is 1. The van der Waals surface area contributed by atoms with Gasteiger partial charge in [0.25, 0.3) is 11.8 Å². The van der Waals surface area contributed by atoms with Crippen LogP contribution in [-0.2, 0) is 9.59 Å². The molecule has 0 atom stereocenters. The molecule has 3 aromatic carbocycles. The molecule has 1 aliphatic rings. The molecular weight excluding hydrogens is 596 g/mol. The molecule has 10 heteroatoms. The number of amides is 4. The number of ether oxygens (including phenoxy) is 2. The van der Waals surface area contributed by atoms with Crippen molar-refractivity contribution in [1.29, 1.82) is 0 Å². The van der Waals surface area contributed by atoms with E-state index in [1.165, 1.54) is 12.1 Å². The van der Waals surface area contributed by atoms with Crippen LogP contribution in [0.15, 0.2) is 81.2 Å². The first kappa shape index (κ1) is 25.3. The molecule has 1 N–H and O–H groups in total. The van der Waals surface area contributed by atoms with Crippen molar-refractivity contribution in [1.82, 2.24) is 5.32 Å². The average Bonchev–Trinajstić information content (AvgIpc) is 2.85. The van der Waals surface area contributed by atoms with E-state index in [-0.39, 0.29) is 23.7 Å². The van der Waals surface area contributed by atoms with Crippen LogP contribution in [0.3, 0.4) is 0 Å². The molecule has 182 valence electrons. The summed E-state index contributed by atoms with van der Waals surface area (Å²) in [5, 5.41) is 2.19. The lowest BCUT2D eigenvalue weighted by atomic mass is 10.1. The number of hydrogen-bond donors (Lipinski definition) is 1. The van der Waals surface area contributed by atoms with Gasteiger partial charge in [-0.15, -0.1) is 0 Å². The van der Waals surface area contributed by atoms with Crippen molar-refractivity contribution in [2.24, 2.45) is 0 Å². The summed E-state index contributed by atoms with van der Waals surface area (Å²) in [4.78, 5) is 51.4. The highest BCUT2D eigenvalue weighted by Crippen LogP contribution is 2.31. The van der Waals surface area contributed by atoms with E-state index in [1.807, 2.05) is 0 Å². The highest BCUT2D eigenvalue weighted by Gasteiger charge is 2.36. The third-order valence-electron chi connectivity index (χ3n) is 5.05. The zero-order chi connectivity index (χ0) is 25.8. The van der Waals surface area contributed by atoms with E-state index in [4.69, 9.17) is 9.47 Å². The number of hydrogen-bond acceptors (Lipinski definition) is 6. The molecule has 1 heterocycles. The minimum atomic E-state index is -0.838. The fourth-order valence-electron chi connectivity index (χ4n) is 3.36. The van der Waals surface area contributed by atoms with Crippen LogP contribution in [-0.4, -0.2) is 30.4 Å². The van der Waals surface area contributed by atoms with Crippen molar-refractivity contribution in [3.05, 3.63) is 92.4 Å². The Balaban J connectivity index is 1.63. The van der Waals surface area contributed by atoms with E-state index in [9.17, 15) is 19.2 Å². The lowest BCUT2D eigenvalue weighted by molar-refractivity contribution is -0.122. The number of esters is 1. The van der Waals surface area contributed by atoms with Gasteiger partial charge in [0.15, 0.2) is 11.5 Å². The number of nitrogens with zero attached hydrogens (tertiary/aromatic N) is 1. The fraction of sp³-hybridized carbons (Fsp3) is 0.0769. The maximum absolute atomic E-state index is 13.1. The molecule has 0 unspecified atom stereocenters. The molecule has 0 spiro atoms. The van der Waals surface area contributed by atoms with Crippen LogP contribution in [0.1, 0.15) is 22.8 Å². The first-order valence-corrected chi connectivity index (χ1v) is 12.3. The van der Waals surface area contributed by atoms with Crippen molar-refractivity contribution < 1.29 is 28.7 Å². The van der Waals surface area contributed by atoms with Crippen molar-refractivity contribution in [2.75, 3.05) is 11.5 Å². The number of rotatable bonds is 6. The molecule has 0 saturated carbocycles. The molecule has 8 nitrogen and oxygen atoms in total. The Bertz CT molecular complexity index is 1380. The van der Waals surface area contributed by atoms with E-state index < -0.39 is 23.8 Å². The zero-order valence-corrected chi connectivity index (χ0v) is 22.0. The maximum Gasteiger partial charge on any atom is 0.343 e. The summed E-state index contributed by atoms with van der Waals surface area (Å²) in [5.41, 5.74) is 0.864. The lowest BCUT2D eigenvalue weighted by Gasteiger charge is -2.26. The molecule has 0 aromatic heterocycles. The molecule has 4 rings (SSSR count). The number of imide groups is 2. The standard InChI is InChI=1S/C26H18Br2N2O6/c1-2-35-22-14-15(3-12-21(22)36-25(33)16-4-6-17(27)7-5-16)13-20-23(31)29-26(34)30(24(20)32)19-10-8-18(28)9-11-19/h3-14H,2H2,1H3,(H,29,31,34)/b20-13+. The lowest BCUT2D eigenvalue weighted by Crippen LogP contribution is -2.54. The number of benzene rings is 3. The summed E-state index contributed by atoms with van der Waals surface area (Å²) in [6.07, 6.45) is 1.35. The predicted molar refractivity (Wildman–Crippen MR) is 140 cm³/mol. The number of nitrogens with one attached hydrogen (secondary N) is 1. The monoisotopic (exact) mass is 612 g/mol. The SMILES string of the molecule is CCOc1cc(/C=C2\C(=O)NC(=O)N(c3ccc(Br)cc3)C2=O)ccc1OC(=O)c1ccc(Br)cc1. The predicted octanol–water partition coefficient (Wildman–Crippen LogP) is 5.50. The topological polar surface area (TPSA) is 102 Å². The number of urea groups is 1. The van der Waals surface area contributed by atoms with E-state index in [0.717, 1.165) is 13.8 Å². The highest BCUT2D eigenvalue weighted by molar-refractivity contribution is 9.10. The quantitative estimate of drug-likeness (QED) is 0.171. The Morgan fingerprint density at radius 2 is 1.56 bits per heavy atom. The van der Waals surface area contributed by atoms with Crippen LogP contribution in [0.25, 0.3) is 6.08 Å². The first-order valence-electron chi connectivity index (χ1n) is 10.7. The van der Waals surface area contributed by atoms with E-state index in [2.05, 4.69) is 37.2 Å². The highest BCUT2D eigenvalue weighted by atomic mass is 79.9. The molecule has 1 saturated heterocycles. The van der Waals surface area contributed by atoms with Gasteiger partial charge in [-0.1, -0.05) is 37.9 Å². The third kappa shape index (κ3) is 5.55. The minimum Gasteiger partial charge on any atom is -0.490 e. The number of carbonyl (C=O) groups is 4. The smallest absolute Gasteiger partial charge is 0.343 e. The number of anilines is 1. The minimum absolute atomic E-state index is 0.179. The van der Waals surface area contributed by atoms with Gasteiger partial charge in [-0.05, 0) is 79.2 Å². The fourth-order valence-corrected chi connectivity index (χ4v) is 3.89. The van der Waals surface area contributed by atoms with Crippen LogP contribution in [0.4, 0.5) is 10.5 Å². The molecule has 4 amide bonds. The Labute approximate surface area is 223 Å². The van der Waals surface area contributed by atoms with Gasteiger partial charge >= 0.3 is 12.0 Å². The van der Waals surface area contributed by atoms with Crippen molar-refractivity contribution >= 4 is 67.4 Å². The number of carbonyl (C=O) groups excluding carboxylic acids is 4. The summed E-state index contributed by atoms with van der Waals surface area (Å²) in [7, 11) is 0. The zero-order valence-electron chi connectivity index (χ0n) is 18.8. The van der Waals surface area contributed by atoms with Gasteiger partial charge in [-0.3, -0.25) is 14.9 Å². The number of halogens is 2. The molecule has 0 bridgehead atoms. The van der Waals surface area contributed by atoms with Gasteiger partial charge in [0, 0.05) is 8.95 Å². The average molecular weight is 614 g/mol.